The molecule has 0 radical (unpaired) electrons. The first-order valence-corrected chi connectivity index (χ1v) is 7.78. The molecule has 1 aliphatic heterocycles. The number of aryl methyl sites for hydroxylation is 2. The average Bonchev–Trinajstić information content (AvgIpc) is 2.61. The van der Waals surface area contributed by atoms with Crippen LogP contribution in [-0.4, -0.2) is 51.8 Å². The molecule has 1 fully saturated rings. The maximum Gasteiger partial charge on any atom is 0.0767 e. The highest BCUT2D eigenvalue weighted by Gasteiger charge is 2.31. The highest BCUT2D eigenvalue weighted by Crippen LogP contribution is 2.25. The van der Waals surface area contributed by atoms with Crippen molar-refractivity contribution in [1.82, 2.24) is 19.6 Å². The number of halogens is 1. The van der Waals surface area contributed by atoms with Crippen molar-refractivity contribution in [2.75, 3.05) is 26.7 Å². The average molecular weight is 329 g/mol. The number of piperazine rings is 1. The summed E-state index contributed by atoms with van der Waals surface area (Å²) in [6.45, 7) is 11.1. The molecule has 0 N–H and O–H groups in total. The lowest BCUT2D eigenvalue weighted by Gasteiger charge is -2.45. The lowest BCUT2D eigenvalue weighted by molar-refractivity contribution is 0.0347. The standard InChI is InChI=1S/C14H25BrN4/c1-6-11-13(15)12(18(5)16-11)9-19-8-7-17(4)14(2,3)10-19/h6-10H2,1-5H3. The third kappa shape index (κ3) is 3.03. The summed E-state index contributed by atoms with van der Waals surface area (Å²) in [6, 6.07) is 0. The Kier molecular flexibility index (Phi) is 4.38. The molecule has 0 spiro atoms. The molecule has 1 saturated heterocycles. The molecule has 0 aliphatic carbocycles. The van der Waals surface area contributed by atoms with Crippen molar-refractivity contribution in [3.8, 4) is 0 Å². The molecule has 0 bridgehead atoms. The maximum atomic E-state index is 4.58. The first-order valence-electron chi connectivity index (χ1n) is 6.99. The van der Waals surface area contributed by atoms with E-state index in [0.29, 0.717) is 0 Å². The lowest BCUT2D eigenvalue weighted by Crippen LogP contribution is -2.57. The van der Waals surface area contributed by atoms with Gasteiger partial charge in [0, 0.05) is 38.8 Å². The first kappa shape index (κ1) is 15.0. The molecular formula is C14H25BrN4. The molecule has 4 nitrogen and oxygen atoms in total. The van der Waals surface area contributed by atoms with Crippen LogP contribution in [0.1, 0.15) is 32.2 Å². The van der Waals surface area contributed by atoms with E-state index in [2.05, 4.69) is 58.6 Å². The summed E-state index contributed by atoms with van der Waals surface area (Å²) in [5.74, 6) is 0. The Morgan fingerprint density at radius 3 is 2.47 bits per heavy atom. The molecule has 0 amide bonds. The Bertz CT molecular complexity index is 453. The van der Waals surface area contributed by atoms with Crippen molar-refractivity contribution in [2.45, 2.75) is 39.3 Å². The van der Waals surface area contributed by atoms with Crippen LogP contribution in [0.3, 0.4) is 0 Å². The SMILES string of the molecule is CCc1nn(C)c(CN2CCN(C)C(C)(C)C2)c1Br. The summed E-state index contributed by atoms with van der Waals surface area (Å²) in [4.78, 5) is 4.97. The van der Waals surface area contributed by atoms with Crippen LogP contribution in [0, 0.1) is 0 Å². The molecule has 1 aromatic heterocycles. The highest BCUT2D eigenvalue weighted by atomic mass is 79.9. The van der Waals surface area contributed by atoms with Crippen LogP contribution in [0.5, 0.6) is 0 Å². The number of aromatic nitrogens is 2. The lowest BCUT2D eigenvalue weighted by atomic mass is 9.99. The highest BCUT2D eigenvalue weighted by molar-refractivity contribution is 9.10. The maximum absolute atomic E-state index is 4.58. The molecule has 0 atom stereocenters. The molecule has 0 saturated carbocycles. The van der Waals surface area contributed by atoms with Crippen LogP contribution in [0.25, 0.3) is 0 Å². The quantitative estimate of drug-likeness (QED) is 0.850. The second kappa shape index (κ2) is 5.54. The van der Waals surface area contributed by atoms with Gasteiger partial charge in [0.2, 0.25) is 0 Å². The Balaban J connectivity index is 2.12. The normalized spacial score (nSPS) is 20.9. The van der Waals surface area contributed by atoms with Crippen molar-refractivity contribution in [2.24, 2.45) is 7.05 Å². The number of nitrogens with zero attached hydrogens (tertiary/aromatic N) is 4. The van der Waals surface area contributed by atoms with E-state index in [1.165, 1.54) is 10.2 Å². The van der Waals surface area contributed by atoms with Gasteiger partial charge in [0.05, 0.1) is 15.9 Å². The fourth-order valence-corrected chi connectivity index (χ4v) is 3.42. The van der Waals surface area contributed by atoms with Gasteiger partial charge in [0.25, 0.3) is 0 Å². The van der Waals surface area contributed by atoms with E-state index in [9.17, 15) is 0 Å². The predicted molar refractivity (Wildman–Crippen MR) is 82.3 cm³/mol. The minimum absolute atomic E-state index is 0.247. The second-order valence-corrected chi connectivity index (χ2v) is 6.92. The molecule has 2 heterocycles. The van der Waals surface area contributed by atoms with Crippen molar-refractivity contribution in [3.05, 3.63) is 15.9 Å². The van der Waals surface area contributed by atoms with Gasteiger partial charge in [0.1, 0.15) is 0 Å². The number of hydrogen-bond donors (Lipinski definition) is 0. The Hall–Kier alpha value is -0.390. The smallest absolute Gasteiger partial charge is 0.0767 e. The zero-order chi connectivity index (χ0) is 14.2. The summed E-state index contributed by atoms with van der Waals surface area (Å²) in [5, 5.41) is 4.58. The zero-order valence-electron chi connectivity index (χ0n) is 12.7. The fourth-order valence-electron chi connectivity index (χ4n) is 2.68. The Morgan fingerprint density at radius 2 is 1.95 bits per heavy atom. The van der Waals surface area contributed by atoms with E-state index in [-0.39, 0.29) is 5.54 Å². The van der Waals surface area contributed by atoms with E-state index in [1.807, 2.05) is 11.7 Å². The zero-order valence-corrected chi connectivity index (χ0v) is 14.3. The first-order chi connectivity index (χ1) is 8.85. The van der Waals surface area contributed by atoms with Crippen LogP contribution in [0.4, 0.5) is 0 Å². The molecule has 0 unspecified atom stereocenters. The van der Waals surface area contributed by atoms with E-state index >= 15 is 0 Å². The van der Waals surface area contributed by atoms with Crippen LogP contribution in [-0.2, 0) is 20.0 Å². The Morgan fingerprint density at radius 1 is 1.26 bits per heavy atom. The van der Waals surface area contributed by atoms with Gasteiger partial charge in [-0.1, -0.05) is 6.92 Å². The van der Waals surface area contributed by atoms with Gasteiger partial charge in [0.15, 0.2) is 0 Å². The number of hydrogen-bond acceptors (Lipinski definition) is 3. The van der Waals surface area contributed by atoms with E-state index in [4.69, 9.17) is 0 Å². The van der Waals surface area contributed by atoms with Gasteiger partial charge in [-0.25, -0.2) is 0 Å². The summed E-state index contributed by atoms with van der Waals surface area (Å²) >= 11 is 3.71. The largest absolute Gasteiger partial charge is 0.299 e. The van der Waals surface area contributed by atoms with Gasteiger partial charge in [-0.05, 0) is 43.2 Å². The molecule has 19 heavy (non-hydrogen) atoms. The van der Waals surface area contributed by atoms with E-state index in [1.54, 1.807) is 0 Å². The third-order valence-corrected chi connectivity index (χ3v) is 5.19. The van der Waals surface area contributed by atoms with Crippen LogP contribution >= 0.6 is 15.9 Å². The molecule has 0 aromatic carbocycles. The van der Waals surface area contributed by atoms with Gasteiger partial charge >= 0.3 is 0 Å². The topological polar surface area (TPSA) is 24.3 Å². The summed E-state index contributed by atoms with van der Waals surface area (Å²) in [7, 11) is 4.26. The van der Waals surface area contributed by atoms with Gasteiger partial charge in [-0.15, -0.1) is 0 Å². The van der Waals surface area contributed by atoms with Crippen LogP contribution in [0.2, 0.25) is 0 Å². The number of likely N-dealkylation sites (N-methyl/N-ethyl adjacent to an activating group) is 1. The van der Waals surface area contributed by atoms with Gasteiger partial charge in [-0.2, -0.15) is 5.10 Å². The van der Waals surface area contributed by atoms with Crippen molar-refractivity contribution in [1.29, 1.82) is 0 Å². The van der Waals surface area contributed by atoms with Crippen LogP contribution < -0.4 is 0 Å². The molecular weight excluding hydrogens is 304 g/mol. The second-order valence-electron chi connectivity index (χ2n) is 6.13. The number of rotatable bonds is 3. The van der Waals surface area contributed by atoms with Gasteiger partial charge in [-0.3, -0.25) is 14.5 Å². The summed E-state index contributed by atoms with van der Waals surface area (Å²) < 4.78 is 3.21. The van der Waals surface area contributed by atoms with Crippen molar-refractivity contribution in [3.63, 3.8) is 0 Å². The fraction of sp³-hybridized carbons (Fsp3) is 0.786. The molecule has 2 rings (SSSR count). The van der Waals surface area contributed by atoms with Crippen LogP contribution in [0.15, 0.2) is 4.47 Å². The van der Waals surface area contributed by atoms with Crippen molar-refractivity contribution >= 4 is 15.9 Å². The summed E-state index contributed by atoms with van der Waals surface area (Å²) in [5.41, 5.74) is 2.69. The molecule has 1 aromatic rings. The predicted octanol–water partition coefficient (Wildman–Crippen LogP) is 2.27. The third-order valence-electron chi connectivity index (χ3n) is 4.27. The minimum atomic E-state index is 0.247. The molecule has 5 heteroatoms. The minimum Gasteiger partial charge on any atom is -0.299 e. The monoisotopic (exact) mass is 328 g/mol. The van der Waals surface area contributed by atoms with Crippen molar-refractivity contribution < 1.29 is 0 Å². The summed E-state index contributed by atoms with van der Waals surface area (Å²) in [6.07, 6.45) is 0.975. The van der Waals surface area contributed by atoms with E-state index in [0.717, 1.165) is 38.3 Å². The van der Waals surface area contributed by atoms with Gasteiger partial charge < -0.3 is 0 Å². The van der Waals surface area contributed by atoms with E-state index < -0.39 is 0 Å². The molecule has 1 aliphatic rings. The Labute approximate surface area is 124 Å². The molecule has 108 valence electrons.